The molecule has 0 aliphatic rings. The largest absolute Gasteiger partial charge is 0.228 e. The molecule has 0 saturated heterocycles. The van der Waals surface area contributed by atoms with E-state index in [2.05, 4.69) is 0 Å². The molecule has 13 heavy (non-hydrogen) atoms. The fraction of sp³-hybridized carbons (Fsp3) is 1.00. The Labute approximate surface area is 83.6 Å². The van der Waals surface area contributed by atoms with Crippen molar-refractivity contribution < 1.29 is 16.8 Å². The maximum atomic E-state index is 11.2. The Kier molecular flexibility index (Phi) is 4.64. The van der Waals surface area contributed by atoms with Crippen molar-refractivity contribution in [3.05, 3.63) is 0 Å². The fourth-order valence-corrected chi connectivity index (χ4v) is 4.23. The Morgan fingerprint density at radius 2 is 1.69 bits per heavy atom. The molecule has 0 aliphatic carbocycles. The van der Waals surface area contributed by atoms with Gasteiger partial charge in [-0.15, -0.1) is 11.6 Å². The first-order valence-corrected chi connectivity index (χ1v) is 7.57. The first-order chi connectivity index (χ1) is 5.69. The minimum atomic E-state index is -3.72. The van der Waals surface area contributed by atoms with Gasteiger partial charge in [-0.2, -0.15) is 0 Å². The number of hydrogen-bond acceptors (Lipinski definition) is 4. The molecular weight excluding hydrogens is 238 g/mol. The van der Waals surface area contributed by atoms with E-state index in [4.69, 9.17) is 11.6 Å². The molecule has 0 saturated carbocycles. The van der Waals surface area contributed by atoms with E-state index in [0.29, 0.717) is 0 Å². The van der Waals surface area contributed by atoms with Crippen molar-refractivity contribution in [3.63, 3.8) is 0 Å². The van der Waals surface area contributed by atoms with Crippen molar-refractivity contribution in [1.82, 2.24) is 4.31 Å². The van der Waals surface area contributed by atoms with Crippen LogP contribution in [0, 0.1) is 0 Å². The molecule has 0 amide bonds. The second kappa shape index (κ2) is 4.59. The molecule has 0 atom stereocenters. The standard InChI is InChI=1S/C5H12ClNO4S2/c1-7(4-3-6)13(10,11)5-12(2,8)9/h3-5H2,1-2H3. The van der Waals surface area contributed by atoms with Gasteiger partial charge in [0.25, 0.3) is 0 Å². The van der Waals surface area contributed by atoms with E-state index in [9.17, 15) is 16.8 Å². The normalized spacial score (nSPS) is 13.5. The van der Waals surface area contributed by atoms with E-state index >= 15 is 0 Å². The summed E-state index contributed by atoms with van der Waals surface area (Å²) in [5, 5.41) is -0.868. The Bertz CT molecular complexity index is 347. The van der Waals surface area contributed by atoms with Gasteiger partial charge in [0.2, 0.25) is 10.0 Å². The van der Waals surface area contributed by atoms with E-state index in [-0.39, 0.29) is 12.4 Å². The van der Waals surface area contributed by atoms with Gasteiger partial charge in [-0.1, -0.05) is 0 Å². The zero-order chi connectivity index (χ0) is 10.7. The van der Waals surface area contributed by atoms with Crippen LogP contribution in [0.4, 0.5) is 0 Å². The minimum Gasteiger partial charge on any atom is -0.228 e. The number of alkyl halides is 1. The Hall–Kier alpha value is 0.150. The second-order valence-electron chi connectivity index (χ2n) is 2.67. The highest BCUT2D eigenvalue weighted by molar-refractivity contribution is 8.06. The number of hydrogen-bond donors (Lipinski definition) is 0. The summed E-state index contributed by atoms with van der Waals surface area (Å²) in [5.74, 6) is 0.138. The molecule has 0 fully saturated rings. The molecule has 5 nitrogen and oxygen atoms in total. The van der Waals surface area contributed by atoms with Gasteiger partial charge in [0, 0.05) is 25.7 Å². The van der Waals surface area contributed by atoms with Crippen LogP contribution in [-0.2, 0) is 19.9 Å². The number of halogens is 1. The SMILES string of the molecule is CN(CCCl)S(=O)(=O)CS(C)(=O)=O. The fourth-order valence-electron chi connectivity index (χ4n) is 0.619. The quantitative estimate of drug-likeness (QED) is 0.616. The van der Waals surface area contributed by atoms with Crippen LogP contribution in [0.15, 0.2) is 0 Å². The summed E-state index contributed by atoms with van der Waals surface area (Å²) >= 11 is 5.32. The van der Waals surface area contributed by atoms with Crippen LogP contribution in [0.25, 0.3) is 0 Å². The number of nitrogens with zero attached hydrogens (tertiary/aromatic N) is 1. The summed E-state index contributed by atoms with van der Waals surface area (Å²) < 4.78 is 44.8. The Balaban J connectivity index is 4.60. The lowest BCUT2D eigenvalue weighted by Gasteiger charge is -2.14. The van der Waals surface area contributed by atoms with Crippen LogP contribution in [0.5, 0.6) is 0 Å². The molecule has 0 spiro atoms. The molecule has 0 radical (unpaired) electrons. The maximum absolute atomic E-state index is 11.2. The van der Waals surface area contributed by atoms with E-state index in [1.54, 1.807) is 0 Å². The topological polar surface area (TPSA) is 71.5 Å². The third-order valence-corrected chi connectivity index (χ3v) is 5.44. The van der Waals surface area contributed by atoms with Crippen LogP contribution in [0.2, 0.25) is 0 Å². The van der Waals surface area contributed by atoms with Gasteiger partial charge in [-0.25, -0.2) is 21.1 Å². The number of rotatable bonds is 5. The Morgan fingerprint density at radius 3 is 2.00 bits per heavy atom. The van der Waals surface area contributed by atoms with Crippen LogP contribution in [0.1, 0.15) is 0 Å². The molecule has 0 rings (SSSR count). The van der Waals surface area contributed by atoms with Crippen molar-refractivity contribution in [2.24, 2.45) is 0 Å². The minimum absolute atomic E-state index is 0.111. The summed E-state index contributed by atoms with van der Waals surface area (Å²) in [6, 6.07) is 0. The smallest absolute Gasteiger partial charge is 0.228 e. The molecular formula is C5H12ClNO4S2. The van der Waals surface area contributed by atoms with E-state index in [1.807, 2.05) is 0 Å². The van der Waals surface area contributed by atoms with Crippen LogP contribution >= 0.6 is 11.6 Å². The molecule has 8 heteroatoms. The van der Waals surface area contributed by atoms with E-state index in [1.165, 1.54) is 7.05 Å². The summed E-state index contributed by atoms with van der Waals surface area (Å²) in [5.41, 5.74) is 0. The lowest BCUT2D eigenvalue weighted by molar-refractivity contribution is 0.491. The van der Waals surface area contributed by atoms with Crippen LogP contribution in [0.3, 0.4) is 0 Å². The van der Waals surface area contributed by atoms with Crippen molar-refractivity contribution in [3.8, 4) is 0 Å². The number of sulfone groups is 1. The molecule has 80 valence electrons. The maximum Gasteiger partial charge on any atom is 0.228 e. The summed E-state index contributed by atoms with van der Waals surface area (Å²) in [6.45, 7) is 0.111. The third kappa shape index (κ3) is 5.45. The molecule has 0 N–H and O–H groups in total. The van der Waals surface area contributed by atoms with Gasteiger partial charge < -0.3 is 0 Å². The van der Waals surface area contributed by atoms with Crippen molar-refractivity contribution >= 4 is 31.5 Å². The molecule has 0 aromatic carbocycles. The molecule has 0 aromatic heterocycles. The van der Waals surface area contributed by atoms with Gasteiger partial charge >= 0.3 is 0 Å². The average Bonchev–Trinajstić information content (AvgIpc) is 1.82. The monoisotopic (exact) mass is 249 g/mol. The second-order valence-corrected chi connectivity index (χ2v) is 7.63. The van der Waals surface area contributed by atoms with E-state index in [0.717, 1.165) is 10.6 Å². The molecule has 0 unspecified atom stereocenters. The molecule has 0 aromatic rings. The van der Waals surface area contributed by atoms with E-state index < -0.39 is 24.9 Å². The average molecular weight is 250 g/mol. The summed E-state index contributed by atoms with van der Waals surface area (Å²) in [4.78, 5) is 0. The van der Waals surface area contributed by atoms with Crippen LogP contribution in [-0.4, -0.2) is 52.0 Å². The predicted octanol–water partition coefficient (Wildman–Crippen LogP) is -0.511. The third-order valence-electron chi connectivity index (χ3n) is 1.24. The van der Waals surface area contributed by atoms with Gasteiger partial charge in [0.15, 0.2) is 14.9 Å². The van der Waals surface area contributed by atoms with Crippen molar-refractivity contribution in [2.75, 3.05) is 30.8 Å². The Morgan fingerprint density at radius 1 is 1.23 bits per heavy atom. The highest BCUT2D eigenvalue weighted by Crippen LogP contribution is 2.01. The summed E-state index contributed by atoms with van der Waals surface area (Å²) in [7, 11) is -5.94. The van der Waals surface area contributed by atoms with Crippen molar-refractivity contribution in [2.45, 2.75) is 0 Å². The van der Waals surface area contributed by atoms with Crippen molar-refractivity contribution in [1.29, 1.82) is 0 Å². The van der Waals surface area contributed by atoms with Gasteiger partial charge in [-0.3, -0.25) is 0 Å². The molecule has 0 aliphatic heterocycles. The number of sulfonamides is 1. The van der Waals surface area contributed by atoms with Gasteiger partial charge in [0.05, 0.1) is 0 Å². The first-order valence-electron chi connectivity index (χ1n) is 3.37. The predicted molar refractivity (Wildman–Crippen MR) is 52.0 cm³/mol. The highest BCUT2D eigenvalue weighted by Gasteiger charge is 2.22. The lowest BCUT2D eigenvalue weighted by atomic mass is 10.8. The van der Waals surface area contributed by atoms with Gasteiger partial charge in [0.1, 0.15) is 0 Å². The zero-order valence-corrected chi connectivity index (χ0v) is 9.78. The zero-order valence-electron chi connectivity index (χ0n) is 7.40. The highest BCUT2D eigenvalue weighted by atomic mass is 35.5. The molecule has 0 heterocycles. The summed E-state index contributed by atoms with van der Waals surface area (Å²) in [6.07, 6.45) is 0.874. The first kappa shape index (κ1) is 13.2. The van der Waals surface area contributed by atoms with Crippen LogP contribution < -0.4 is 0 Å². The lowest BCUT2D eigenvalue weighted by Crippen LogP contribution is -2.33. The molecule has 0 bridgehead atoms. The van der Waals surface area contributed by atoms with Gasteiger partial charge in [-0.05, 0) is 0 Å².